The molecule has 1 aromatic carbocycles. The first kappa shape index (κ1) is 15.9. The lowest BCUT2D eigenvalue weighted by Gasteiger charge is -2.21. The molecule has 1 amide bonds. The van der Waals surface area contributed by atoms with E-state index in [4.69, 9.17) is 0 Å². The van der Waals surface area contributed by atoms with Crippen molar-refractivity contribution in [3.63, 3.8) is 0 Å². The summed E-state index contributed by atoms with van der Waals surface area (Å²) in [7, 11) is -1.35. The van der Waals surface area contributed by atoms with Gasteiger partial charge in [0.2, 0.25) is 5.91 Å². The zero-order chi connectivity index (χ0) is 14.5. The zero-order valence-electron chi connectivity index (χ0n) is 12.1. The average Bonchev–Trinajstić information content (AvgIpc) is 2.35. The van der Waals surface area contributed by atoms with Crippen molar-refractivity contribution in [1.82, 2.24) is 4.72 Å². The highest BCUT2D eigenvalue weighted by Gasteiger charge is 2.25. The second-order valence-electron chi connectivity index (χ2n) is 5.64. The van der Waals surface area contributed by atoms with E-state index in [1.165, 1.54) is 0 Å². The van der Waals surface area contributed by atoms with Crippen molar-refractivity contribution in [3.8, 4) is 0 Å². The third-order valence-electron chi connectivity index (χ3n) is 2.94. The van der Waals surface area contributed by atoms with E-state index in [0.29, 0.717) is 6.42 Å². The molecule has 3 nitrogen and oxygen atoms in total. The Labute approximate surface area is 118 Å². The fourth-order valence-corrected chi connectivity index (χ4v) is 2.30. The number of hydrogen-bond acceptors (Lipinski definition) is 2. The lowest BCUT2D eigenvalue weighted by atomic mass is 9.96. The molecular formula is C15H23NO2S. The van der Waals surface area contributed by atoms with E-state index in [9.17, 15) is 9.00 Å². The van der Waals surface area contributed by atoms with Crippen LogP contribution in [0.1, 0.15) is 39.7 Å². The minimum Gasteiger partial charge on any atom is -0.274 e. The van der Waals surface area contributed by atoms with Gasteiger partial charge in [-0.2, -0.15) is 0 Å². The predicted octanol–water partition coefficient (Wildman–Crippen LogP) is 2.83. The first-order chi connectivity index (χ1) is 8.84. The molecule has 0 saturated carbocycles. The molecule has 0 aromatic heterocycles. The average molecular weight is 281 g/mol. The van der Waals surface area contributed by atoms with Gasteiger partial charge in [-0.25, -0.2) is 4.21 Å². The Hall–Kier alpha value is -1.16. The van der Waals surface area contributed by atoms with Crippen LogP contribution in [0.4, 0.5) is 0 Å². The molecule has 0 aliphatic heterocycles. The van der Waals surface area contributed by atoms with Crippen LogP contribution < -0.4 is 4.72 Å². The van der Waals surface area contributed by atoms with Crippen LogP contribution in [-0.2, 0) is 22.2 Å². The largest absolute Gasteiger partial charge is 0.274 e. The number of rotatable bonds is 5. The monoisotopic (exact) mass is 281 g/mol. The third kappa shape index (κ3) is 5.15. The summed E-state index contributed by atoms with van der Waals surface area (Å²) in [6.45, 7) is 7.53. The Morgan fingerprint density at radius 1 is 1.26 bits per heavy atom. The normalized spacial score (nSPS) is 14.7. The van der Waals surface area contributed by atoms with Gasteiger partial charge in [0.15, 0.2) is 0 Å². The predicted molar refractivity (Wildman–Crippen MR) is 80.0 cm³/mol. The molecule has 0 unspecified atom stereocenters. The van der Waals surface area contributed by atoms with Crippen molar-refractivity contribution >= 4 is 16.9 Å². The van der Waals surface area contributed by atoms with Crippen molar-refractivity contribution in [3.05, 3.63) is 35.9 Å². The van der Waals surface area contributed by atoms with E-state index in [2.05, 4.69) is 4.72 Å². The summed E-state index contributed by atoms with van der Waals surface area (Å²) in [6, 6.07) is 9.91. The molecule has 0 saturated heterocycles. The number of carbonyl (C=O) groups is 1. The number of benzene rings is 1. The molecule has 0 spiro atoms. The standard InChI is InChI=1S/C15H23NO2S/c1-5-13(11-12-9-7-6-8-10-12)14(17)16-19(18)15(2,3)4/h6-10,13H,5,11H2,1-4H3,(H,16,17)/t13-,19+/m0/s1. The molecule has 0 heterocycles. The van der Waals surface area contributed by atoms with Gasteiger partial charge in [-0.3, -0.25) is 9.52 Å². The SMILES string of the molecule is CC[C@@H](Cc1ccccc1)C(=O)N[S@](=O)C(C)(C)C. The van der Waals surface area contributed by atoms with Gasteiger partial charge in [0.25, 0.3) is 0 Å². The van der Waals surface area contributed by atoms with Crippen molar-refractivity contribution in [2.45, 2.75) is 45.3 Å². The van der Waals surface area contributed by atoms with Crippen LogP contribution in [0.3, 0.4) is 0 Å². The first-order valence-electron chi connectivity index (χ1n) is 6.61. The van der Waals surface area contributed by atoms with Crippen LogP contribution in [0, 0.1) is 5.92 Å². The molecule has 1 N–H and O–H groups in total. The van der Waals surface area contributed by atoms with Crippen molar-refractivity contribution in [2.75, 3.05) is 0 Å². The molecule has 4 heteroatoms. The number of nitrogens with one attached hydrogen (secondary N) is 1. The molecule has 0 radical (unpaired) electrons. The van der Waals surface area contributed by atoms with Gasteiger partial charge in [0.05, 0.1) is 4.75 Å². The van der Waals surface area contributed by atoms with E-state index in [-0.39, 0.29) is 11.8 Å². The Balaban J connectivity index is 2.65. The van der Waals surface area contributed by atoms with Crippen LogP contribution in [0.25, 0.3) is 0 Å². The van der Waals surface area contributed by atoms with Gasteiger partial charge in [-0.1, -0.05) is 37.3 Å². The highest BCUT2D eigenvalue weighted by Crippen LogP contribution is 2.14. The number of hydrogen-bond donors (Lipinski definition) is 1. The van der Waals surface area contributed by atoms with Gasteiger partial charge < -0.3 is 0 Å². The molecule has 0 aliphatic rings. The van der Waals surface area contributed by atoms with E-state index >= 15 is 0 Å². The second kappa shape index (κ2) is 6.85. The molecule has 0 aliphatic carbocycles. The van der Waals surface area contributed by atoms with E-state index in [1.54, 1.807) is 0 Å². The molecule has 0 fully saturated rings. The van der Waals surface area contributed by atoms with E-state index in [0.717, 1.165) is 12.0 Å². The molecule has 19 heavy (non-hydrogen) atoms. The lowest BCUT2D eigenvalue weighted by Crippen LogP contribution is -2.40. The van der Waals surface area contributed by atoms with Gasteiger partial charge in [-0.05, 0) is 39.2 Å². The second-order valence-corrected chi connectivity index (χ2v) is 7.61. The maximum Gasteiger partial charge on any atom is 0.235 e. The Kier molecular flexibility index (Phi) is 5.73. The summed E-state index contributed by atoms with van der Waals surface area (Å²) in [4.78, 5) is 12.1. The summed E-state index contributed by atoms with van der Waals surface area (Å²) in [6.07, 6.45) is 1.42. The summed E-state index contributed by atoms with van der Waals surface area (Å²) in [5, 5.41) is 0. The highest BCUT2D eigenvalue weighted by molar-refractivity contribution is 7.85. The first-order valence-corrected chi connectivity index (χ1v) is 7.76. The molecule has 2 atom stereocenters. The van der Waals surface area contributed by atoms with Crippen LogP contribution in [0.15, 0.2) is 30.3 Å². The molecule has 0 bridgehead atoms. The number of carbonyl (C=O) groups excluding carboxylic acids is 1. The maximum absolute atomic E-state index is 12.1. The minimum atomic E-state index is -1.35. The fraction of sp³-hybridized carbons (Fsp3) is 0.533. The molecule has 1 aromatic rings. The van der Waals surface area contributed by atoms with Gasteiger partial charge >= 0.3 is 0 Å². The molecule has 106 valence electrons. The highest BCUT2D eigenvalue weighted by atomic mass is 32.2. The van der Waals surface area contributed by atoms with Crippen LogP contribution in [0.5, 0.6) is 0 Å². The fourth-order valence-electron chi connectivity index (χ4n) is 1.65. The number of amides is 1. The zero-order valence-corrected chi connectivity index (χ0v) is 12.9. The maximum atomic E-state index is 12.1. The Morgan fingerprint density at radius 3 is 2.32 bits per heavy atom. The quantitative estimate of drug-likeness (QED) is 0.902. The minimum absolute atomic E-state index is 0.125. The molecule has 1 rings (SSSR count). The summed E-state index contributed by atoms with van der Waals surface area (Å²) in [5.41, 5.74) is 1.13. The Morgan fingerprint density at radius 2 is 1.84 bits per heavy atom. The van der Waals surface area contributed by atoms with E-state index < -0.39 is 15.7 Å². The van der Waals surface area contributed by atoms with Gasteiger partial charge in [0, 0.05) is 5.92 Å². The van der Waals surface area contributed by atoms with Crippen LogP contribution in [0.2, 0.25) is 0 Å². The lowest BCUT2D eigenvalue weighted by molar-refractivity contribution is -0.123. The van der Waals surface area contributed by atoms with Crippen LogP contribution >= 0.6 is 0 Å². The van der Waals surface area contributed by atoms with E-state index in [1.807, 2.05) is 58.0 Å². The molecular weight excluding hydrogens is 258 g/mol. The van der Waals surface area contributed by atoms with Crippen molar-refractivity contribution < 1.29 is 9.00 Å². The van der Waals surface area contributed by atoms with Gasteiger partial charge in [0.1, 0.15) is 11.0 Å². The summed E-state index contributed by atoms with van der Waals surface area (Å²) >= 11 is 0. The Bertz CT molecular complexity index is 437. The topological polar surface area (TPSA) is 46.2 Å². The van der Waals surface area contributed by atoms with Crippen molar-refractivity contribution in [1.29, 1.82) is 0 Å². The van der Waals surface area contributed by atoms with Gasteiger partial charge in [-0.15, -0.1) is 0 Å². The summed E-state index contributed by atoms with van der Waals surface area (Å²) in [5.74, 6) is -0.256. The smallest absolute Gasteiger partial charge is 0.235 e. The van der Waals surface area contributed by atoms with Crippen LogP contribution in [-0.4, -0.2) is 14.9 Å². The summed E-state index contributed by atoms with van der Waals surface area (Å²) < 4.78 is 14.1. The van der Waals surface area contributed by atoms with Crippen molar-refractivity contribution in [2.24, 2.45) is 5.92 Å². The third-order valence-corrected chi connectivity index (χ3v) is 4.44.